The summed E-state index contributed by atoms with van der Waals surface area (Å²) in [6.45, 7) is 2.19. The van der Waals surface area contributed by atoms with Crippen molar-refractivity contribution in [1.29, 1.82) is 0 Å². The van der Waals surface area contributed by atoms with Gasteiger partial charge in [0, 0.05) is 59.3 Å². The number of anilines is 1. The molecule has 5 aromatic rings. The number of H-pyrrole nitrogens is 2. The number of hydrogen-bond donors (Lipinski definition) is 2. The summed E-state index contributed by atoms with van der Waals surface area (Å²) >= 11 is 0. The summed E-state index contributed by atoms with van der Waals surface area (Å²) in [5.41, 5.74) is 6.63. The molecule has 0 atom stereocenters. The molecule has 37 heavy (non-hydrogen) atoms. The quantitative estimate of drug-likeness (QED) is 0.300. The van der Waals surface area contributed by atoms with E-state index in [0.29, 0.717) is 0 Å². The number of fused-ring (bicyclic) bond motifs is 2. The summed E-state index contributed by atoms with van der Waals surface area (Å²) in [5.74, 6) is 0.823. The number of rotatable bonds is 5. The van der Waals surface area contributed by atoms with Crippen molar-refractivity contribution in [2.24, 2.45) is 0 Å². The van der Waals surface area contributed by atoms with Gasteiger partial charge in [-0.3, -0.25) is 10.1 Å². The Morgan fingerprint density at radius 1 is 0.811 bits per heavy atom. The van der Waals surface area contributed by atoms with Crippen LogP contribution in [0.15, 0.2) is 49.1 Å². The third-order valence-corrected chi connectivity index (χ3v) is 7.78. The lowest BCUT2D eigenvalue weighted by Crippen LogP contribution is -2.29. The van der Waals surface area contributed by atoms with E-state index in [0.717, 1.165) is 76.3 Å². The summed E-state index contributed by atoms with van der Waals surface area (Å²) in [6.07, 6.45) is 17.5. The van der Waals surface area contributed by atoms with Crippen LogP contribution in [0.3, 0.4) is 0 Å². The predicted molar refractivity (Wildman–Crippen MR) is 146 cm³/mol. The van der Waals surface area contributed by atoms with Gasteiger partial charge in [-0.2, -0.15) is 5.10 Å². The minimum Gasteiger partial charge on any atom is -0.489 e. The Kier molecular flexibility index (Phi) is 5.72. The molecule has 0 radical (unpaired) electrons. The van der Waals surface area contributed by atoms with E-state index in [2.05, 4.69) is 59.3 Å². The highest BCUT2D eigenvalue weighted by Gasteiger charge is 2.19. The Hall–Kier alpha value is -3.94. The molecule has 8 heteroatoms. The number of nitrogens with one attached hydrogen (secondary N) is 2. The van der Waals surface area contributed by atoms with Gasteiger partial charge in [-0.05, 0) is 69.2 Å². The van der Waals surface area contributed by atoms with Crippen LogP contribution in [-0.4, -0.2) is 49.3 Å². The van der Waals surface area contributed by atoms with Crippen LogP contribution in [-0.2, 0) is 0 Å². The average Bonchev–Trinajstić information content (AvgIpc) is 3.58. The highest BCUT2D eigenvalue weighted by atomic mass is 16.5. The van der Waals surface area contributed by atoms with Gasteiger partial charge in [-0.15, -0.1) is 0 Å². The third kappa shape index (κ3) is 4.30. The first kappa shape index (κ1) is 22.3. The second-order valence-electron chi connectivity index (χ2n) is 10.3. The van der Waals surface area contributed by atoms with Crippen molar-refractivity contribution in [3.63, 3.8) is 0 Å². The van der Waals surface area contributed by atoms with Crippen molar-refractivity contribution in [2.45, 2.75) is 57.5 Å². The molecule has 0 bridgehead atoms. The summed E-state index contributed by atoms with van der Waals surface area (Å²) in [5, 5.41) is 9.83. The molecule has 1 saturated carbocycles. The van der Waals surface area contributed by atoms with Crippen molar-refractivity contribution < 1.29 is 4.74 Å². The van der Waals surface area contributed by atoms with E-state index in [1.54, 1.807) is 0 Å². The molecule has 0 unspecified atom stereocenters. The van der Waals surface area contributed by atoms with Crippen LogP contribution in [0.5, 0.6) is 5.75 Å². The largest absolute Gasteiger partial charge is 0.489 e. The average molecular weight is 494 g/mol. The van der Waals surface area contributed by atoms with Gasteiger partial charge < -0.3 is 14.6 Å². The standard InChI is InChI=1S/C29H31N7O/c1-3-7-21(8-4-1)37-22-13-19(16-30-18-22)20-14-24-27(34-35-29(24)32-17-20)25-15-23-26(9-10-31-28(23)33-25)36-11-5-2-6-12-36/h9-10,13-18,21H,1-8,11-12H2,(H,31,33)(H,32,34,35). The van der Waals surface area contributed by atoms with Gasteiger partial charge in [0.05, 0.1) is 18.0 Å². The summed E-state index contributed by atoms with van der Waals surface area (Å²) in [6, 6.07) is 8.51. The van der Waals surface area contributed by atoms with E-state index < -0.39 is 0 Å². The molecule has 8 nitrogen and oxygen atoms in total. The van der Waals surface area contributed by atoms with Crippen molar-refractivity contribution in [2.75, 3.05) is 18.0 Å². The second kappa shape index (κ2) is 9.50. The smallest absolute Gasteiger partial charge is 0.155 e. The zero-order valence-corrected chi connectivity index (χ0v) is 20.9. The van der Waals surface area contributed by atoms with E-state index in [1.165, 1.54) is 44.2 Å². The normalized spacial score (nSPS) is 17.0. The molecule has 1 aliphatic heterocycles. The first-order chi connectivity index (χ1) is 18.3. The summed E-state index contributed by atoms with van der Waals surface area (Å²) < 4.78 is 6.26. The van der Waals surface area contributed by atoms with Crippen LogP contribution in [0, 0.1) is 0 Å². The molecular weight excluding hydrogens is 462 g/mol. The van der Waals surface area contributed by atoms with Gasteiger partial charge >= 0.3 is 0 Å². The molecule has 5 aromatic heterocycles. The number of pyridine rings is 3. The molecule has 1 saturated heterocycles. The van der Waals surface area contributed by atoms with Crippen molar-refractivity contribution >= 4 is 27.8 Å². The number of aromatic nitrogens is 6. The van der Waals surface area contributed by atoms with E-state index in [-0.39, 0.29) is 6.10 Å². The molecule has 1 aliphatic carbocycles. The lowest BCUT2D eigenvalue weighted by atomic mass is 9.98. The first-order valence-corrected chi connectivity index (χ1v) is 13.5. The summed E-state index contributed by atoms with van der Waals surface area (Å²) in [4.78, 5) is 19.7. The van der Waals surface area contributed by atoms with Crippen LogP contribution in [0.2, 0.25) is 0 Å². The van der Waals surface area contributed by atoms with E-state index in [4.69, 9.17) is 4.74 Å². The van der Waals surface area contributed by atoms with E-state index >= 15 is 0 Å². The molecule has 7 rings (SSSR count). The fourth-order valence-electron chi connectivity index (χ4n) is 5.83. The van der Waals surface area contributed by atoms with Crippen LogP contribution < -0.4 is 9.64 Å². The fraction of sp³-hybridized carbons (Fsp3) is 0.379. The predicted octanol–water partition coefficient (Wildman–Crippen LogP) is 6.27. The maximum atomic E-state index is 6.26. The number of aromatic amines is 2. The first-order valence-electron chi connectivity index (χ1n) is 13.5. The lowest BCUT2D eigenvalue weighted by molar-refractivity contribution is 0.154. The zero-order chi connectivity index (χ0) is 24.6. The van der Waals surface area contributed by atoms with E-state index in [9.17, 15) is 0 Å². The molecular formula is C29H31N7O. The minimum atomic E-state index is 0.289. The molecule has 0 aromatic carbocycles. The van der Waals surface area contributed by atoms with E-state index in [1.807, 2.05) is 24.8 Å². The fourth-order valence-corrected chi connectivity index (χ4v) is 5.83. The Morgan fingerprint density at radius 3 is 2.54 bits per heavy atom. The number of hydrogen-bond acceptors (Lipinski definition) is 6. The van der Waals surface area contributed by atoms with Crippen LogP contribution >= 0.6 is 0 Å². The second-order valence-corrected chi connectivity index (χ2v) is 10.3. The zero-order valence-electron chi connectivity index (χ0n) is 20.9. The highest BCUT2D eigenvalue weighted by molar-refractivity contribution is 5.98. The topological polar surface area (TPSA) is 95.6 Å². The Balaban J connectivity index is 1.23. The van der Waals surface area contributed by atoms with Crippen molar-refractivity contribution in [3.05, 3.63) is 49.1 Å². The Labute approximate surface area is 215 Å². The molecule has 2 N–H and O–H groups in total. The van der Waals surface area contributed by atoms with Gasteiger partial charge in [0.1, 0.15) is 17.1 Å². The molecule has 188 valence electrons. The van der Waals surface area contributed by atoms with Crippen molar-refractivity contribution in [1.82, 2.24) is 30.1 Å². The van der Waals surface area contributed by atoms with Gasteiger partial charge in [0.15, 0.2) is 5.65 Å². The SMILES string of the molecule is c1cc(N2CCCCC2)c2cc(-c3n[nH]c4ncc(-c5cncc(OC6CCCCC6)c5)cc34)[nH]c2n1. The van der Waals surface area contributed by atoms with Crippen molar-refractivity contribution in [3.8, 4) is 28.3 Å². The number of nitrogens with zero attached hydrogens (tertiary/aromatic N) is 5. The number of piperidine rings is 1. The monoisotopic (exact) mass is 493 g/mol. The van der Waals surface area contributed by atoms with Gasteiger partial charge in [-0.25, -0.2) is 9.97 Å². The minimum absolute atomic E-state index is 0.289. The maximum absolute atomic E-state index is 6.26. The molecule has 6 heterocycles. The molecule has 2 aliphatic rings. The summed E-state index contributed by atoms with van der Waals surface area (Å²) in [7, 11) is 0. The highest BCUT2D eigenvalue weighted by Crippen LogP contribution is 2.35. The van der Waals surface area contributed by atoms with Gasteiger partial charge in [0.25, 0.3) is 0 Å². The third-order valence-electron chi connectivity index (χ3n) is 7.78. The van der Waals surface area contributed by atoms with Crippen LogP contribution in [0.1, 0.15) is 51.4 Å². The molecule has 0 amide bonds. The lowest BCUT2D eigenvalue weighted by Gasteiger charge is -2.29. The van der Waals surface area contributed by atoms with Crippen LogP contribution in [0.25, 0.3) is 44.6 Å². The Morgan fingerprint density at radius 2 is 1.65 bits per heavy atom. The maximum Gasteiger partial charge on any atom is 0.155 e. The molecule has 0 spiro atoms. The van der Waals surface area contributed by atoms with Gasteiger partial charge in [-0.1, -0.05) is 6.42 Å². The van der Waals surface area contributed by atoms with Crippen LogP contribution in [0.4, 0.5) is 5.69 Å². The number of ether oxygens (including phenoxy) is 1. The van der Waals surface area contributed by atoms with Gasteiger partial charge in [0.2, 0.25) is 0 Å². The Bertz CT molecular complexity index is 1540. The molecule has 2 fully saturated rings.